The number of amides is 1. The monoisotopic (exact) mass is 354 g/mol. The van der Waals surface area contributed by atoms with Crippen LogP contribution in [0.1, 0.15) is 28.8 Å². The van der Waals surface area contributed by atoms with Gasteiger partial charge in [-0.15, -0.1) is 0 Å². The van der Waals surface area contributed by atoms with Gasteiger partial charge in [0.15, 0.2) is 0 Å². The molecule has 1 spiro atoms. The van der Waals surface area contributed by atoms with Crippen LogP contribution in [-0.4, -0.2) is 63.8 Å². The summed E-state index contributed by atoms with van der Waals surface area (Å²) >= 11 is 0. The van der Waals surface area contributed by atoms with Crippen LogP contribution in [0.5, 0.6) is 0 Å². The van der Waals surface area contributed by atoms with E-state index >= 15 is 0 Å². The first-order valence-corrected chi connectivity index (χ1v) is 9.35. The molecule has 6 heteroatoms. The van der Waals surface area contributed by atoms with Crippen molar-refractivity contribution in [2.75, 3.05) is 32.8 Å². The molecule has 0 bridgehead atoms. The molecule has 1 atom stereocenters. The highest BCUT2D eigenvalue weighted by atomic mass is 16.3. The Balaban J connectivity index is 1.41. The molecule has 1 unspecified atom stereocenters. The summed E-state index contributed by atoms with van der Waals surface area (Å²) in [6.45, 7) is 4.58. The van der Waals surface area contributed by atoms with Crippen molar-refractivity contribution in [1.82, 2.24) is 20.0 Å². The zero-order chi connectivity index (χ0) is 18.0. The lowest BCUT2D eigenvalue weighted by Gasteiger charge is -2.42. The molecule has 4 rings (SSSR count). The van der Waals surface area contributed by atoms with Crippen LogP contribution >= 0.6 is 0 Å². The van der Waals surface area contributed by atoms with Crippen LogP contribution < -0.4 is 0 Å². The number of likely N-dealkylation sites (tertiary alicyclic amines) is 2. The van der Waals surface area contributed by atoms with E-state index in [4.69, 9.17) is 0 Å². The Morgan fingerprint density at radius 1 is 1.27 bits per heavy atom. The summed E-state index contributed by atoms with van der Waals surface area (Å²) in [6, 6.07) is 10.5. The minimum absolute atomic E-state index is 0.0493. The zero-order valence-corrected chi connectivity index (χ0v) is 15.0. The molecule has 0 saturated carbocycles. The minimum atomic E-state index is 0.0493. The number of nitrogens with one attached hydrogen (secondary N) is 1. The third-order valence-corrected chi connectivity index (χ3v) is 6.14. The molecule has 0 aliphatic carbocycles. The van der Waals surface area contributed by atoms with E-state index in [1.807, 2.05) is 11.0 Å². The summed E-state index contributed by atoms with van der Waals surface area (Å²) < 4.78 is 0. The van der Waals surface area contributed by atoms with Crippen molar-refractivity contribution in [1.29, 1.82) is 0 Å². The Kier molecular flexibility index (Phi) is 4.78. The van der Waals surface area contributed by atoms with Crippen LogP contribution in [0.15, 0.2) is 42.7 Å². The quantitative estimate of drug-likeness (QED) is 0.878. The number of H-pyrrole nitrogens is 1. The third-order valence-electron chi connectivity index (χ3n) is 6.14. The molecule has 2 aromatic rings. The van der Waals surface area contributed by atoms with Crippen LogP contribution in [0.3, 0.4) is 0 Å². The summed E-state index contributed by atoms with van der Waals surface area (Å²) in [7, 11) is 0. The Morgan fingerprint density at radius 3 is 2.69 bits per heavy atom. The smallest absolute Gasteiger partial charge is 0.257 e. The lowest BCUT2D eigenvalue weighted by atomic mass is 9.71. The van der Waals surface area contributed by atoms with E-state index in [0.29, 0.717) is 5.56 Å². The van der Waals surface area contributed by atoms with Gasteiger partial charge >= 0.3 is 0 Å². The zero-order valence-electron chi connectivity index (χ0n) is 15.0. The van der Waals surface area contributed by atoms with Crippen molar-refractivity contribution < 1.29 is 9.90 Å². The Hall–Kier alpha value is -2.18. The second-order valence-corrected chi connectivity index (χ2v) is 7.68. The van der Waals surface area contributed by atoms with Gasteiger partial charge in [0.1, 0.15) is 0 Å². The van der Waals surface area contributed by atoms with Gasteiger partial charge in [-0.1, -0.05) is 30.3 Å². The lowest BCUT2D eigenvalue weighted by molar-refractivity contribution is 0.0401. The van der Waals surface area contributed by atoms with Crippen molar-refractivity contribution in [3.8, 4) is 0 Å². The Morgan fingerprint density at radius 2 is 2.04 bits per heavy atom. The molecule has 2 saturated heterocycles. The van der Waals surface area contributed by atoms with Gasteiger partial charge in [-0.3, -0.25) is 14.8 Å². The molecule has 2 fully saturated rings. The number of hydrogen-bond donors (Lipinski definition) is 2. The molecule has 3 heterocycles. The first-order valence-electron chi connectivity index (χ1n) is 9.35. The molecule has 1 amide bonds. The molecular formula is C20H26N4O2. The minimum Gasteiger partial charge on any atom is -0.396 e. The summed E-state index contributed by atoms with van der Waals surface area (Å²) in [5.41, 5.74) is 2.06. The number of carbonyl (C=O) groups is 1. The Bertz CT molecular complexity index is 724. The number of aliphatic hydroxyl groups is 1. The second kappa shape index (κ2) is 7.21. The van der Waals surface area contributed by atoms with Gasteiger partial charge in [-0.2, -0.15) is 5.10 Å². The lowest BCUT2D eigenvalue weighted by Crippen LogP contribution is -2.47. The fourth-order valence-corrected chi connectivity index (χ4v) is 4.63. The first-order chi connectivity index (χ1) is 12.7. The van der Waals surface area contributed by atoms with Gasteiger partial charge in [0, 0.05) is 51.4 Å². The van der Waals surface area contributed by atoms with E-state index in [1.54, 1.807) is 12.4 Å². The van der Waals surface area contributed by atoms with Crippen molar-refractivity contribution in [3.63, 3.8) is 0 Å². The molecule has 26 heavy (non-hydrogen) atoms. The summed E-state index contributed by atoms with van der Waals surface area (Å²) in [5, 5.41) is 16.6. The topological polar surface area (TPSA) is 72.5 Å². The molecule has 2 aliphatic rings. The predicted octanol–water partition coefficient (Wildman–Crippen LogP) is 1.76. The molecule has 2 N–H and O–H groups in total. The second-order valence-electron chi connectivity index (χ2n) is 7.68. The van der Waals surface area contributed by atoms with E-state index in [2.05, 4.69) is 39.4 Å². The highest BCUT2D eigenvalue weighted by Gasteiger charge is 2.48. The van der Waals surface area contributed by atoms with Crippen LogP contribution in [0.2, 0.25) is 0 Å². The molecule has 1 aromatic heterocycles. The number of hydrogen-bond acceptors (Lipinski definition) is 4. The molecule has 138 valence electrons. The van der Waals surface area contributed by atoms with E-state index in [1.165, 1.54) is 5.56 Å². The number of nitrogens with zero attached hydrogens (tertiary/aromatic N) is 3. The van der Waals surface area contributed by atoms with Crippen molar-refractivity contribution in [2.24, 2.45) is 11.3 Å². The van der Waals surface area contributed by atoms with Crippen LogP contribution in [0.4, 0.5) is 0 Å². The molecule has 1 aromatic carbocycles. The number of piperidine rings is 1. The van der Waals surface area contributed by atoms with Gasteiger partial charge in [0.2, 0.25) is 0 Å². The maximum Gasteiger partial charge on any atom is 0.257 e. The van der Waals surface area contributed by atoms with Gasteiger partial charge in [0.05, 0.1) is 11.8 Å². The number of aromatic nitrogens is 2. The maximum absolute atomic E-state index is 12.5. The Labute approximate surface area is 153 Å². The largest absolute Gasteiger partial charge is 0.396 e. The van der Waals surface area contributed by atoms with Crippen LogP contribution in [0, 0.1) is 11.3 Å². The van der Waals surface area contributed by atoms with Crippen molar-refractivity contribution in [3.05, 3.63) is 53.9 Å². The number of rotatable bonds is 4. The van der Waals surface area contributed by atoms with Crippen LogP contribution in [0.25, 0.3) is 0 Å². The van der Waals surface area contributed by atoms with Crippen molar-refractivity contribution >= 4 is 5.91 Å². The SMILES string of the molecule is O=C(c1cn[nH]c1)N1CCC2(CC1)CN(Cc1ccccc1)CC2CO. The molecule has 6 nitrogen and oxygen atoms in total. The highest BCUT2D eigenvalue weighted by molar-refractivity contribution is 5.93. The molecule has 2 aliphatic heterocycles. The number of carbonyl (C=O) groups excluding carboxylic acids is 1. The summed E-state index contributed by atoms with van der Waals surface area (Å²) in [4.78, 5) is 16.9. The number of aromatic amines is 1. The fourth-order valence-electron chi connectivity index (χ4n) is 4.63. The number of benzene rings is 1. The standard InChI is InChI=1S/C20H26N4O2/c25-14-18-13-23(12-16-4-2-1-3-5-16)15-20(18)6-8-24(9-7-20)19(26)17-10-21-22-11-17/h1-5,10-11,18,25H,6-9,12-15H2,(H,21,22). The molecule has 0 radical (unpaired) electrons. The van der Waals surface area contributed by atoms with E-state index < -0.39 is 0 Å². The van der Waals surface area contributed by atoms with E-state index in [0.717, 1.165) is 45.6 Å². The first kappa shape index (κ1) is 17.2. The number of aliphatic hydroxyl groups excluding tert-OH is 1. The maximum atomic E-state index is 12.5. The van der Waals surface area contributed by atoms with E-state index in [-0.39, 0.29) is 23.8 Å². The highest BCUT2D eigenvalue weighted by Crippen LogP contribution is 2.45. The normalized spacial score (nSPS) is 22.8. The summed E-state index contributed by atoms with van der Waals surface area (Å²) in [5.74, 6) is 0.339. The average molecular weight is 354 g/mol. The average Bonchev–Trinajstić information content (AvgIpc) is 3.31. The molecular weight excluding hydrogens is 328 g/mol. The van der Waals surface area contributed by atoms with Gasteiger partial charge in [-0.05, 0) is 23.8 Å². The van der Waals surface area contributed by atoms with E-state index in [9.17, 15) is 9.90 Å². The fraction of sp³-hybridized carbons (Fsp3) is 0.500. The summed E-state index contributed by atoms with van der Waals surface area (Å²) in [6.07, 6.45) is 5.14. The van der Waals surface area contributed by atoms with Crippen molar-refractivity contribution in [2.45, 2.75) is 19.4 Å². The van der Waals surface area contributed by atoms with Gasteiger partial charge in [0.25, 0.3) is 5.91 Å². The predicted molar refractivity (Wildman–Crippen MR) is 98.5 cm³/mol. The third kappa shape index (κ3) is 3.27. The van der Waals surface area contributed by atoms with Gasteiger partial charge in [-0.25, -0.2) is 0 Å². The van der Waals surface area contributed by atoms with Crippen LogP contribution in [-0.2, 0) is 6.54 Å². The van der Waals surface area contributed by atoms with Gasteiger partial charge < -0.3 is 10.0 Å².